The van der Waals surface area contributed by atoms with E-state index >= 15 is 0 Å². The van der Waals surface area contributed by atoms with Crippen LogP contribution in [0.2, 0.25) is 0 Å². The van der Waals surface area contributed by atoms with Crippen molar-refractivity contribution in [2.75, 3.05) is 25.0 Å². The summed E-state index contributed by atoms with van der Waals surface area (Å²) in [6, 6.07) is 14.1. The molecule has 3 amide bonds. The van der Waals surface area contributed by atoms with Crippen molar-refractivity contribution in [3.05, 3.63) is 65.7 Å². The summed E-state index contributed by atoms with van der Waals surface area (Å²) in [5.41, 5.74) is -0.372. The van der Waals surface area contributed by atoms with E-state index in [1.807, 2.05) is 30.3 Å². The lowest BCUT2D eigenvalue weighted by Gasteiger charge is -2.24. The lowest BCUT2D eigenvalue weighted by atomic mass is 10.1. The molecule has 1 unspecified atom stereocenters. The Kier molecular flexibility index (Phi) is 7.17. The molecule has 9 heteroatoms. The molecule has 170 valence electrons. The van der Waals surface area contributed by atoms with Gasteiger partial charge in [-0.2, -0.15) is 13.2 Å². The highest BCUT2D eigenvalue weighted by Gasteiger charge is 2.37. The number of halogens is 3. The van der Waals surface area contributed by atoms with Crippen molar-refractivity contribution >= 4 is 23.4 Å². The van der Waals surface area contributed by atoms with Gasteiger partial charge in [0.1, 0.15) is 0 Å². The van der Waals surface area contributed by atoms with Crippen LogP contribution in [0.1, 0.15) is 24.5 Å². The molecule has 1 N–H and O–H groups in total. The Morgan fingerprint density at radius 2 is 1.75 bits per heavy atom. The molecule has 0 bridgehead atoms. The molecule has 0 aromatic heterocycles. The van der Waals surface area contributed by atoms with Crippen LogP contribution in [0.5, 0.6) is 0 Å². The van der Waals surface area contributed by atoms with E-state index in [-0.39, 0.29) is 37.0 Å². The number of carbonyl (C=O) groups is 3. The highest BCUT2D eigenvalue weighted by molar-refractivity contribution is 5.96. The lowest BCUT2D eigenvalue weighted by Crippen LogP contribution is -2.42. The number of nitrogens with zero attached hydrogens (tertiary/aromatic N) is 2. The van der Waals surface area contributed by atoms with E-state index in [2.05, 4.69) is 5.32 Å². The summed E-state index contributed by atoms with van der Waals surface area (Å²) in [6.07, 6.45) is -4.57. The Morgan fingerprint density at radius 1 is 1.09 bits per heavy atom. The van der Waals surface area contributed by atoms with Crippen LogP contribution in [-0.4, -0.2) is 47.2 Å². The molecule has 0 saturated carbocycles. The van der Waals surface area contributed by atoms with Crippen LogP contribution in [0.25, 0.3) is 0 Å². The van der Waals surface area contributed by atoms with Crippen molar-refractivity contribution in [2.45, 2.75) is 26.1 Å². The van der Waals surface area contributed by atoms with E-state index in [1.54, 1.807) is 11.8 Å². The highest BCUT2D eigenvalue weighted by Crippen LogP contribution is 2.34. The summed E-state index contributed by atoms with van der Waals surface area (Å²) in [5.74, 6) is -1.84. The number of hydrogen-bond donors (Lipinski definition) is 1. The van der Waals surface area contributed by atoms with Crippen molar-refractivity contribution in [2.24, 2.45) is 5.92 Å². The Balaban J connectivity index is 1.62. The van der Waals surface area contributed by atoms with Crippen molar-refractivity contribution in [3.63, 3.8) is 0 Å². The predicted octanol–water partition coefficient (Wildman–Crippen LogP) is 3.54. The molecule has 1 atom stereocenters. The summed E-state index contributed by atoms with van der Waals surface area (Å²) in [6.45, 7) is 2.10. The number of alkyl halides is 3. The van der Waals surface area contributed by atoms with Gasteiger partial charge in [-0.15, -0.1) is 0 Å². The SMILES string of the molecule is CCN(CC(=O)Nc1ccccc1C(F)(F)F)C(=O)C1CC(=O)N(Cc2ccccc2)C1. The minimum absolute atomic E-state index is 0.0424. The maximum Gasteiger partial charge on any atom is 0.418 e. The number of para-hydroxylation sites is 1. The van der Waals surface area contributed by atoms with Gasteiger partial charge in [-0.25, -0.2) is 0 Å². The van der Waals surface area contributed by atoms with Crippen LogP contribution in [0.4, 0.5) is 18.9 Å². The van der Waals surface area contributed by atoms with E-state index in [9.17, 15) is 27.6 Å². The summed E-state index contributed by atoms with van der Waals surface area (Å²) >= 11 is 0. The second-order valence-electron chi connectivity index (χ2n) is 7.60. The fraction of sp³-hybridized carbons (Fsp3) is 0.348. The maximum absolute atomic E-state index is 13.1. The normalized spacial score (nSPS) is 16.2. The average molecular weight is 447 g/mol. The van der Waals surface area contributed by atoms with Gasteiger partial charge in [-0.05, 0) is 24.6 Å². The first-order valence-electron chi connectivity index (χ1n) is 10.3. The second kappa shape index (κ2) is 9.84. The number of benzene rings is 2. The third-order valence-corrected chi connectivity index (χ3v) is 5.31. The number of nitrogens with one attached hydrogen (secondary N) is 1. The van der Waals surface area contributed by atoms with Crippen LogP contribution < -0.4 is 5.32 Å². The van der Waals surface area contributed by atoms with Crippen LogP contribution >= 0.6 is 0 Å². The molecule has 0 aliphatic carbocycles. The Morgan fingerprint density at radius 3 is 2.41 bits per heavy atom. The van der Waals surface area contributed by atoms with Gasteiger partial charge in [-0.3, -0.25) is 14.4 Å². The third kappa shape index (κ3) is 5.66. The van der Waals surface area contributed by atoms with E-state index in [1.165, 1.54) is 17.0 Å². The van der Waals surface area contributed by atoms with Gasteiger partial charge in [0.15, 0.2) is 0 Å². The van der Waals surface area contributed by atoms with Crippen LogP contribution in [0, 0.1) is 5.92 Å². The molecule has 1 fully saturated rings. The molecule has 1 saturated heterocycles. The van der Waals surface area contributed by atoms with Crippen molar-refractivity contribution < 1.29 is 27.6 Å². The smallest absolute Gasteiger partial charge is 0.338 e. The van der Waals surface area contributed by atoms with Gasteiger partial charge in [0.05, 0.1) is 23.7 Å². The van der Waals surface area contributed by atoms with E-state index in [0.29, 0.717) is 6.54 Å². The molecule has 1 heterocycles. The average Bonchev–Trinajstić information content (AvgIpc) is 3.12. The molecular weight excluding hydrogens is 423 g/mol. The van der Waals surface area contributed by atoms with Crippen molar-refractivity contribution in [1.82, 2.24) is 9.80 Å². The number of carbonyl (C=O) groups excluding carboxylic acids is 3. The third-order valence-electron chi connectivity index (χ3n) is 5.31. The zero-order chi connectivity index (χ0) is 23.3. The molecule has 1 aliphatic rings. The Labute approximate surface area is 184 Å². The molecule has 0 radical (unpaired) electrons. The topological polar surface area (TPSA) is 69.7 Å². The first kappa shape index (κ1) is 23.3. The zero-order valence-corrected chi connectivity index (χ0v) is 17.6. The Hall–Kier alpha value is -3.36. The van der Waals surface area contributed by atoms with Gasteiger partial charge in [0.25, 0.3) is 0 Å². The molecule has 2 aromatic carbocycles. The number of hydrogen-bond acceptors (Lipinski definition) is 3. The maximum atomic E-state index is 13.1. The summed E-state index contributed by atoms with van der Waals surface area (Å²) in [4.78, 5) is 40.6. The number of anilines is 1. The molecule has 3 rings (SSSR count). The van der Waals surface area contributed by atoms with Gasteiger partial charge >= 0.3 is 6.18 Å². The van der Waals surface area contributed by atoms with Crippen molar-refractivity contribution in [3.8, 4) is 0 Å². The van der Waals surface area contributed by atoms with Gasteiger partial charge < -0.3 is 15.1 Å². The first-order valence-corrected chi connectivity index (χ1v) is 10.3. The second-order valence-corrected chi connectivity index (χ2v) is 7.60. The van der Waals surface area contributed by atoms with E-state index < -0.39 is 30.1 Å². The predicted molar refractivity (Wildman–Crippen MR) is 112 cm³/mol. The highest BCUT2D eigenvalue weighted by atomic mass is 19.4. The van der Waals surface area contributed by atoms with Crippen LogP contribution in [0.3, 0.4) is 0 Å². The molecule has 32 heavy (non-hydrogen) atoms. The van der Waals surface area contributed by atoms with Gasteiger partial charge in [0, 0.05) is 26.1 Å². The molecule has 2 aromatic rings. The van der Waals surface area contributed by atoms with Crippen molar-refractivity contribution in [1.29, 1.82) is 0 Å². The lowest BCUT2D eigenvalue weighted by molar-refractivity contribution is -0.138. The van der Waals surface area contributed by atoms with Crippen LogP contribution in [0.15, 0.2) is 54.6 Å². The van der Waals surface area contributed by atoms with Crippen LogP contribution in [-0.2, 0) is 27.1 Å². The number of likely N-dealkylation sites (N-methyl/N-ethyl adjacent to an activating group) is 1. The van der Waals surface area contributed by atoms with E-state index in [4.69, 9.17) is 0 Å². The number of likely N-dealkylation sites (tertiary alicyclic amines) is 1. The van der Waals surface area contributed by atoms with Gasteiger partial charge in [-0.1, -0.05) is 42.5 Å². The number of rotatable bonds is 7. The fourth-order valence-electron chi connectivity index (χ4n) is 3.70. The van der Waals surface area contributed by atoms with E-state index in [0.717, 1.165) is 17.7 Å². The number of amides is 3. The molecule has 6 nitrogen and oxygen atoms in total. The summed E-state index contributed by atoms with van der Waals surface area (Å²) in [7, 11) is 0. The molecular formula is C23H24F3N3O3. The summed E-state index contributed by atoms with van der Waals surface area (Å²) in [5, 5.41) is 2.25. The zero-order valence-electron chi connectivity index (χ0n) is 17.6. The minimum atomic E-state index is -4.61. The standard InChI is InChI=1S/C23H24F3N3O3/c1-2-28(15-20(30)27-19-11-7-6-10-18(19)23(24,25)26)22(32)17-12-21(31)29(14-17)13-16-8-4-3-5-9-16/h3-11,17H,2,12-15H2,1H3,(H,27,30). The Bertz CT molecular complexity index is 979. The fourth-order valence-corrected chi connectivity index (χ4v) is 3.70. The first-order chi connectivity index (χ1) is 15.2. The largest absolute Gasteiger partial charge is 0.418 e. The minimum Gasteiger partial charge on any atom is -0.338 e. The summed E-state index contributed by atoms with van der Waals surface area (Å²) < 4.78 is 39.4. The quantitative estimate of drug-likeness (QED) is 0.706. The molecule has 1 aliphatic heterocycles. The van der Waals surface area contributed by atoms with Gasteiger partial charge in [0.2, 0.25) is 17.7 Å². The molecule has 0 spiro atoms. The monoisotopic (exact) mass is 447 g/mol.